The van der Waals surface area contributed by atoms with Crippen molar-refractivity contribution in [1.29, 1.82) is 0 Å². The Bertz CT molecular complexity index is 820. The van der Waals surface area contributed by atoms with Gasteiger partial charge >= 0.3 is 0 Å². The molecule has 1 fully saturated rings. The normalized spacial score (nSPS) is 12.0. The highest BCUT2D eigenvalue weighted by Gasteiger charge is 2.12. The SMILES string of the molecule is CC(=O)N1CCCC1.CCC.Cc1ccc2ccccc2c1.Cc1ccccc1. The maximum absolute atomic E-state index is 10.6. The summed E-state index contributed by atoms with van der Waals surface area (Å²) in [6.45, 7) is 12.0. The van der Waals surface area contributed by atoms with E-state index in [-0.39, 0.29) is 5.91 Å². The van der Waals surface area contributed by atoms with E-state index in [1.54, 1.807) is 6.92 Å². The summed E-state index contributed by atoms with van der Waals surface area (Å²) in [6.07, 6.45) is 3.64. The molecule has 4 rings (SSSR count). The number of amides is 1. The number of aryl methyl sites for hydroxylation is 2. The van der Waals surface area contributed by atoms with Crippen LogP contribution in [0.25, 0.3) is 10.8 Å². The summed E-state index contributed by atoms with van der Waals surface area (Å²) >= 11 is 0. The molecule has 2 heteroatoms. The second-order valence-corrected chi connectivity index (χ2v) is 7.43. The smallest absolute Gasteiger partial charge is 0.219 e. The molecule has 0 atom stereocenters. The third-order valence-electron chi connectivity index (χ3n) is 4.40. The molecule has 1 aliphatic rings. The van der Waals surface area contributed by atoms with E-state index in [0.29, 0.717) is 0 Å². The Balaban J connectivity index is 0.000000209. The van der Waals surface area contributed by atoms with Crippen LogP contribution >= 0.6 is 0 Å². The second-order valence-electron chi connectivity index (χ2n) is 7.43. The van der Waals surface area contributed by atoms with Gasteiger partial charge in [0.05, 0.1) is 0 Å². The molecule has 0 bridgehead atoms. The third-order valence-corrected chi connectivity index (χ3v) is 4.40. The van der Waals surface area contributed by atoms with Crippen molar-refractivity contribution in [2.75, 3.05) is 13.1 Å². The van der Waals surface area contributed by atoms with Crippen molar-refractivity contribution >= 4 is 16.7 Å². The zero-order valence-electron chi connectivity index (χ0n) is 18.8. The fraction of sp³-hybridized carbons (Fsp3) is 0.370. The van der Waals surface area contributed by atoms with E-state index in [1.807, 2.05) is 23.1 Å². The van der Waals surface area contributed by atoms with Gasteiger partial charge in [0.25, 0.3) is 0 Å². The lowest BCUT2D eigenvalue weighted by Crippen LogP contribution is -2.24. The van der Waals surface area contributed by atoms with Crippen LogP contribution in [0.1, 0.15) is 51.2 Å². The van der Waals surface area contributed by atoms with Gasteiger partial charge in [-0.3, -0.25) is 4.79 Å². The Kier molecular flexibility index (Phi) is 12.1. The first-order valence-corrected chi connectivity index (χ1v) is 10.7. The first kappa shape index (κ1) is 24.4. The second kappa shape index (κ2) is 14.4. The average Bonchev–Trinajstić information content (AvgIpc) is 3.25. The standard InChI is InChI=1S/C11H10.C7H8.C6H11NO.C3H8/c1-9-6-7-10-4-2-3-5-11(10)8-9;1-7-5-3-2-4-6-7;1-6(8)7-4-2-3-5-7;1-3-2/h2-8H,1H3;2-6H,1H3;2-5H2,1H3;3H2,1-2H3. The van der Waals surface area contributed by atoms with Crippen LogP contribution in [-0.4, -0.2) is 23.9 Å². The molecule has 1 amide bonds. The molecule has 0 aromatic heterocycles. The van der Waals surface area contributed by atoms with Gasteiger partial charge in [0, 0.05) is 20.0 Å². The number of fused-ring (bicyclic) bond motifs is 1. The minimum Gasteiger partial charge on any atom is -0.343 e. The van der Waals surface area contributed by atoms with Crippen LogP contribution in [0.5, 0.6) is 0 Å². The lowest BCUT2D eigenvalue weighted by molar-refractivity contribution is -0.127. The molecular formula is C27H37NO. The lowest BCUT2D eigenvalue weighted by atomic mass is 10.1. The van der Waals surface area contributed by atoms with Crippen LogP contribution < -0.4 is 0 Å². The molecular weight excluding hydrogens is 354 g/mol. The predicted molar refractivity (Wildman–Crippen MR) is 127 cm³/mol. The topological polar surface area (TPSA) is 20.3 Å². The number of likely N-dealkylation sites (tertiary alicyclic amines) is 1. The number of hydrogen-bond donors (Lipinski definition) is 0. The van der Waals surface area contributed by atoms with Crippen molar-refractivity contribution in [1.82, 2.24) is 4.90 Å². The summed E-state index contributed by atoms with van der Waals surface area (Å²) in [4.78, 5) is 12.5. The minimum absolute atomic E-state index is 0.225. The highest BCUT2D eigenvalue weighted by molar-refractivity contribution is 5.82. The molecule has 0 aliphatic carbocycles. The van der Waals surface area contributed by atoms with Gasteiger partial charge < -0.3 is 4.90 Å². The Labute approximate surface area is 177 Å². The predicted octanol–water partition coefficient (Wildman–Crippen LogP) is 7.19. The number of hydrogen-bond acceptors (Lipinski definition) is 1. The molecule has 29 heavy (non-hydrogen) atoms. The largest absolute Gasteiger partial charge is 0.343 e. The highest BCUT2D eigenvalue weighted by Crippen LogP contribution is 2.14. The van der Waals surface area contributed by atoms with Crippen molar-refractivity contribution in [2.45, 2.75) is 53.9 Å². The molecule has 0 spiro atoms. The average molecular weight is 392 g/mol. The van der Waals surface area contributed by atoms with E-state index >= 15 is 0 Å². The summed E-state index contributed by atoms with van der Waals surface area (Å²) in [7, 11) is 0. The van der Waals surface area contributed by atoms with E-state index in [4.69, 9.17) is 0 Å². The van der Waals surface area contributed by atoms with Crippen LogP contribution in [0.3, 0.4) is 0 Å². The molecule has 0 unspecified atom stereocenters. The van der Waals surface area contributed by atoms with Crippen molar-refractivity contribution in [3.8, 4) is 0 Å². The molecule has 2 nitrogen and oxygen atoms in total. The van der Waals surface area contributed by atoms with Crippen molar-refractivity contribution in [3.05, 3.63) is 83.9 Å². The third kappa shape index (κ3) is 10.5. The van der Waals surface area contributed by atoms with E-state index in [9.17, 15) is 4.79 Å². The van der Waals surface area contributed by atoms with Crippen LogP contribution in [0.2, 0.25) is 0 Å². The zero-order valence-corrected chi connectivity index (χ0v) is 18.8. The summed E-state index contributed by atoms with van der Waals surface area (Å²) in [5.74, 6) is 0.225. The van der Waals surface area contributed by atoms with Gasteiger partial charge in [-0.15, -0.1) is 0 Å². The summed E-state index contributed by atoms with van der Waals surface area (Å²) in [6, 6.07) is 25.2. The Morgan fingerprint density at radius 3 is 1.72 bits per heavy atom. The van der Waals surface area contributed by atoms with Crippen LogP contribution in [0, 0.1) is 13.8 Å². The molecule has 1 saturated heterocycles. The van der Waals surface area contributed by atoms with Gasteiger partial charge in [0.15, 0.2) is 0 Å². The molecule has 156 valence electrons. The van der Waals surface area contributed by atoms with Gasteiger partial charge in [-0.2, -0.15) is 0 Å². The Morgan fingerprint density at radius 1 is 0.759 bits per heavy atom. The van der Waals surface area contributed by atoms with E-state index in [2.05, 4.69) is 82.3 Å². The quantitative estimate of drug-likeness (QED) is 0.397. The van der Waals surface area contributed by atoms with Gasteiger partial charge in [-0.1, -0.05) is 104 Å². The maximum Gasteiger partial charge on any atom is 0.219 e. The lowest BCUT2D eigenvalue weighted by Gasteiger charge is -2.10. The molecule has 1 aliphatic heterocycles. The molecule has 3 aromatic carbocycles. The van der Waals surface area contributed by atoms with Gasteiger partial charge in [-0.05, 0) is 37.5 Å². The minimum atomic E-state index is 0.225. The summed E-state index contributed by atoms with van der Waals surface area (Å²) in [5, 5.41) is 2.64. The number of nitrogens with zero attached hydrogens (tertiary/aromatic N) is 1. The number of carbonyl (C=O) groups is 1. The molecule has 3 aromatic rings. The van der Waals surface area contributed by atoms with Crippen molar-refractivity contribution in [2.24, 2.45) is 0 Å². The number of rotatable bonds is 0. The first-order chi connectivity index (χ1) is 14.0. The monoisotopic (exact) mass is 391 g/mol. The van der Waals surface area contributed by atoms with Crippen LogP contribution in [0.15, 0.2) is 72.8 Å². The molecule has 1 heterocycles. The highest BCUT2D eigenvalue weighted by atomic mass is 16.2. The van der Waals surface area contributed by atoms with Crippen LogP contribution in [-0.2, 0) is 4.79 Å². The molecule has 0 saturated carbocycles. The number of carbonyl (C=O) groups excluding carboxylic acids is 1. The van der Waals surface area contributed by atoms with Gasteiger partial charge in [-0.25, -0.2) is 0 Å². The summed E-state index contributed by atoms with van der Waals surface area (Å²) < 4.78 is 0. The Morgan fingerprint density at radius 2 is 1.28 bits per heavy atom. The fourth-order valence-corrected chi connectivity index (χ4v) is 2.88. The number of benzene rings is 3. The molecule has 0 N–H and O–H groups in total. The first-order valence-electron chi connectivity index (χ1n) is 10.7. The van der Waals surface area contributed by atoms with Crippen LogP contribution in [0.4, 0.5) is 0 Å². The Hall–Kier alpha value is -2.61. The maximum atomic E-state index is 10.6. The van der Waals surface area contributed by atoms with E-state index in [0.717, 1.165) is 13.1 Å². The van der Waals surface area contributed by atoms with Crippen molar-refractivity contribution in [3.63, 3.8) is 0 Å². The van der Waals surface area contributed by atoms with Crippen molar-refractivity contribution < 1.29 is 4.79 Å². The summed E-state index contributed by atoms with van der Waals surface area (Å²) in [5.41, 5.74) is 2.64. The van der Waals surface area contributed by atoms with Gasteiger partial charge in [0.2, 0.25) is 5.91 Å². The van der Waals surface area contributed by atoms with Gasteiger partial charge in [0.1, 0.15) is 0 Å². The zero-order chi connectivity index (χ0) is 21.5. The van der Waals surface area contributed by atoms with E-state index in [1.165, 1.54) is 41.2 Å². The molecule has 0 radical (unpaired) electrons. The fourth-order valence-electron chi connectivity index (χ4n) is 2.88. The van der Waals surface area contributed by atoms with E-state index < -0.39 is 0 Å².